The van der Waals surface area contributed by atoms with Crippen LogP contribution in [0.1, 0.15) is 5.56 Å². The number of piperazine rings is 1. The van der Waals surface area contributed by atoms with Crippen molar-refractivity contribution in [3.63, 3.8) is 0 Å². The Kier molecular flexibility index (Phi) is 7.17. The van der Waals surface area contributed by atoms with Crippen LogP contribution in [-0.2, 0) is 0 Å². The first-order chi connectivity index (χ1) is 17.7. The molecule has 7 nitrogen and oxygen atoms in total. The van der Waals surface area contributed by atoms with E-state index in [4.69, 9.17) is 16.3 Å². The fraction of sp³-hybridized carbons (Fsp3) is 0.179. The molecule has 0 bridgehead atoms. The molecule has 0 aliphatic carbocycles. The lowest BCUT2D eigenvalue weighted by Crippen LogP contribution is -2.47. The second-order valence-corrected chi connectivity index (χ2v) is 9.27. The van der Waals surface area contributed by atoms with Crippen LogP contribution in [0.4, 0.5) is 11.5 Å². The van der Waals surface area contributed by atoms with Gasteiger partial charge in [0.2, 0.25) is 0 Å². The number of fused-ring (bicyclic) bond motifs is 1. The molecule has 1 fully saturated rings. The fourth-order valence-electron chi connectivity index (χ4n) is 4.68. The normalized spacial score (nSPS) is 13.5. The Labute approximate surface area is 226 Å². The van der Waals surface area contributed by atoms with Crippen LogP contribution in [0.3, 0.4) is 0 Å². The van der Waals surface area contributed by atoms with Crippen LogP contribution in [-0.4, -0.2) is 46.3 Å². The van der Waals surface area contributed by atoms with Gasteiger partial charge in [-0.2, -0.15) is 5.10 Å². The Morgan fingerprint density at radius 2 is 1.54 bits per heavy atom. The Morgan fingerprint density at radius 1 is 0.838 bits per heavy atom. The Bertz CT molecular complexity index is 1500. The second-order valence-electron chi connectivity index (χ2n) is 8.84. The van der Waals surface area contributed by atoms with Crippen LogP contribution in [0.15, 0.2) is 79.1 Å². The van der Waals surface area contributed by atoms with Crippen molar-refractivity contribution < 1.29 is 4.74 Å². The molecule has 188 valence electrons. The summed E-state index contributed by atoms with van der Waals surface area (Å²) in [6.45, 7) is 5.57. The second kappa shape index (κ2) is 10.7. The maximum Gasteiger partial charge on any atom is 0.161 e. The molecule has 1 aliphatic rings. The molecule has 0 unspecified atom stereocenters. The van der Waals surface area contributed by atoms with Crippen LogP contribution < -0.4 is 14.5 Å². The number of benzene rings is 3. The quantitative estimate of drug-likeness (QED) is 0.277. The lowest BCUT2D eigenvalue weighted by Gasteiger charge is -2.37. The predicted molar refractivity (Wildman–Crippen MR) is 151 cm³/mol. The van der Waals surface area contributed by atoms with Gasteiger partial charge in [-0.3, -0.25) is 5.10 Å². The molecular weight excluding hydrogens is 507 g/mol. The summed E-state index contributed by atoms with van der Waals surface area (Å²) in [5.41, 5.74) is 4.96. The number of hydrogen-bond acceptors (Lipinski definition) is 6. The number of aromatic nitrogens is 4. The van der Waals surface area contributed by atoms with Gasteiger partial charge < -0.3 is 14.5 Å². The van der Waals surface area contributed by atoms with Gasteiger partial charge in [0.05, 0.1) is 5.39 Å². The smallest absolute Gasteiger partial charge is 0.161 e. The summed E-state index contributed by atoms with van der Waals surface area (Å²) < 4.78 is 5.95. The van der Waals surface area contributed by atoms with E-state index in [1.165, 1.54) is 11.3 Å². The van der Waals surface area contributed by atoms with Crippen molar-refractivity contribution in [2.75, 3.05) is 36.0 Å². The molecule has 2 aromatic heterocycles. The predicted octanol–water partition coefficient (Wildman–Crippen LogP) is 6.52. The molecule has 5 aromatic rings. The zero-order chi connectivity index (χ0) is 24.5. The molecule has 9 heteroatoms. The van der Waals surface area contributed by atoms with Crippen LogP contribution in [0, 0.1) is 6.92 Å². The van der Waals surface area contributed by atoms with Gasteiger partial charge in [-0.05, 0) is 61.0 Å². The lowest BCUT2D eigenvalue weighted by atomic mass is 10.1. The van der Waals surface area contributed by atoms with Crippen molar-refractivity contribution in [1.82, 2.24) is 20.2 Å². The largest absolute Gasteiger partial charge is 0.457 e. The molecular formula is C28H26Cl2N6O. The van der Waals surface area contributed by atoms with Gasteiger partial charge in [0, 0.05) is 42.5 Å². The summed E-state index contributed by atoms with van der Waals surface area (Å²) in [4.78, 5) is 13.8. The lowest BCUT2D eigenvalue weighted by molar-refractivity contribution is 0.483. The molecule has 0 radical (unpaired) electrons. The standard InChI is InChI=1S/C28H25ClN6O.ClH/c1-19-7-10-21(29)17-24(19)34-13-15-35(16-14-34)28-25-26(32-33-27(25)30-18-31-28)20-8-11-23(12-9-20)36-22-5-3-2-4-6-22;/h2-12,17-18H,13-16H2,1H3,(H,30,31,32,33);1H. The maximum atomic E-state index is 6.27. The molecule has 0 atom stereocenters. The van der Waals surface area contributed by atoms with E-state index in [1.54, 1.807) is 6.33 Å². The van der Waals surface area contributed by atoms with Crippen LogP contribution in [0.5, 0.6) is 11.5 Å². The van der Waals surface area contributed by atoms with Gasteiger partial charge in [-0.15, -0.1) is 12.4 Å². The van der Waals surface area contributed by atoms with E-state index in [9.17, 15) is 0 Å². The van der Waals surface area contributed by atoms with Crippen molar-refractivity contribution in [3.8, 4) is 22.8 Å². The molecule has 37 heavy (non-hydrogen) atoms. The number of rotatable bonds is 5. The van der Waals surface area contributed by atoms with Crippen molar-refractivity contribution in [2.45, 2.75) is 6.92 Å². The summed E-state index contributed by atoms with van der Waals surface area (Å²) in [5.74, 6) is 2.47. The van der Waals surface area contributed by atoms with E-state index >= 15 is 0 Å². The van der Waals surface area contributed by atoms with Gasteiger partial charge in [0.1, 0.15) is 29.3 Å². The van der Waals surface area contributed by atoms with Gasteiger partial charge in [0.15, 0.2) is 5.65 Å². The highest BCUT2D eigenvalue weighted by Crippen LogP contribution is 2.34. The number of ether oxygens (including phenoxy) is 1. The van der Waals surface area contributed by atoms with Crippen LogP contribution in [0.2, 0.25) is 5.02 Å². The van der Waals surface area contributed by atoms with E-state index in [-0.39, 0.29) is 12.4 Å². The SMILES string of the molecule is Cc1ccc(Cl)cc1N1CCN(c2ncnc3[nH]nc(-c4ccc(Oc5ccccc5)cc4)c23)CC1.Cl. The minimum absolute atomic E-state index is 0. The minimum atomic E-state index is 0. The third-order valence-electron chi connectivity index (χ3n) is 6.54. The first kappa shape index (κ1) is 24.9. The van der Waals surface area contributed by atoms with E-state index < -0.39 is 0 Å². The number of aryl methyl sites for hydroxylation is 1. The first-order valence-electron chi connectivity index (χ1n) is 11.9. The summed E-state index contributed by atoms with van der Waals surface area (Å²) in [6, 6.07) is 23.8. The summed E-state index contributed by atoms with van der Waals surface area (Å²) in [7, 11) is 0. The van der Waals surface area contributed by atoms with Crippen LogP contribution >= 0.6 is 24.0 Å². The minimum Gasteiger partial charge on any atom is -0.457 e. The van der Waals surface area contributed by atoms with E-state index in [0.29, 0.717) is 0 Å². The number of nitrogens with one attached hydrogen (secondary N) is 1. The maximum absolute atomic E-state index is 6.27. The Morgan fingerprint density at radius 3 is 2.30 bits per heavy atom. The zero-order valence-electron chi connectivity index (χ0n) is 20.3. The van der Waals surface area contributed by atoms with E-state index in [0.717, 1.165) is 70.8 Å². The number of aromatic amines is 1. The molecule has 6 rings (SSSR count). The van der Waals surface area contributed by atoms with E-state index in [1.807, 2.05) is 60.7 Å². The van der Waals surface area contributed by atoms with Crippen molar-refractivity contribution >= 4 is 46.5 Å². The summed E-state index contributed by atoms with van der Waals surface area (Å²) in [6.07, 6.45) is 1.60. The highest BCUT2D eigenvalue weighted by Gasteiger charge is 2.24. The van der Waals surface area contributed by atoms with Gasteiger partial charge in [-0.25, -0.2) is 9.97 Å². The first-order valence-corrected chi connectivity index (χ1v) is 12.3. The van der Waals surface area contributed by atoms with Gasteiger partial charge in [-0.1, -0.05) is 35.9 Å². The molecule has 3 heterocycles. The fourth-order valence-corrected chi connectivity index (χ4v) is 4.85. The zero-order valence-corrected chi connectivity index (χ0v) is 21.8. The third kappa shape index (κ3) is 5.05. The molecule has 0 spiro atoms. The molecule has 0 saturated carbocycles. The van der Waals surface area contributed by atoms with Crippen molar-refractivity contribution in [1.29, 1.82) is 0 Å². The van der Waals surface area contributed by atoms with Gasteiger partial charge in [0.25, 0.3) is 0 Å². The number of H-pyrrole nitrogens is 1. The number of nitrogens with zero attached hydrogens (tertiary/aromatic N) is 5. The number of anilines is 2. The van der Waals surface area contributed by atoms with Crippen molar-refractivity contribution in [2.24, 2.45) is 0 Å². The highest BCUT2D eigenvalue weighted by molar-refractivity contribution is 6.30. The third-order valence-corrected chi connectivity index (χ3v) is 6.77. The molecule has 1 aliphatic heterocycles. The number of para-hydroxylation sites is 1. The summed E-state index contributed by atoms with van der Waals surface area (Å²) >= 11 is 6.27. The molecule has 1 saturated heterocycles. The molecule has 1 N–H and O–H groups in total. The van der Waals surface area contributed by atoms with E-state index in [2.05, 4.69) is 49.0 Å². The molecule has 3 aromatic carbocycles. The average molecular weight is 533 g/mol. The Balaban J connectivity index is 0.00000280. The van der Waals surface area contributed by atoms with Crippen molar-refractivity contribution in [3.05, 3.63) is 89.7 Å². The monoisotopic (exact) mass is 532 g/mol. The van der Waals surface area contributed by atoms with Gasteiger partial charge >= 0.3 is 0 Å². The Hall–Kier alpha value is -3.81. The average Bonchev–Trinajstić information content (AvgIpc) is 3.36. The van der Waals surface area contributed by atoms with Crippen LogP contribution in [0.25, 0.3) is 22.3 Å². The molecule has 0 amide bonds. The topological polar surface area (TPSA) is 70.2 Å². The number of hydrogen-bond donors (Lipinski definition) is 1. The number of halogens is 2. The summed E-state index contributed by atoms with van der Waals surface area (Å²) in [5, 5.41) is 9.38. The highest BCUT2D eigenvalue weighted by atomic mass is 35.5.